The SMILES string of the molecule is COc1cc([N+](=O)[O-])ccc1NC=C(C#N)c1nc(-c2ccc3c(c2)OCO3)cs1. The third-order valence-corrected chi connectivity index (χ3v) is 5.17. The van der Waals surface area contributed by atoms with Crippen LogP contribution in [0.25, 0.3) is 16.8 Å². The van der Waals surface area contributed by atoms with Gasteiger partial charge >= 0.3 is 0 Å². The van der Waals surface area contributed by atoms with Gasteiger partial charge in [-0.05, 0) is 24.3 Å². The molecule has 0 amide bonds. The molecule has 0 spiro atoms. The minimum atomic E-state index is -0.504. The van der Waals surface area contributed by atoms with Crippen molar-refractivity contribution < 1.29 is 19.1 Å². The third-order valence-electron chi connectivity index (χ3n) is 4.29. The number of thiazole rings is 1. The Bertz CT molecular complexity index is 1200. The van der Waals surface area contributed by atoms with Crippen LogP contribution in [0.1, 0.15) is 5.01 Å². The van der Waals surface area contributed by atoms with Crippen LogP contribution < -0.4 is 19.5 Å². The van der Waals surface area contributed by atoms with E-state index in [1.165, 1.54) is 42.8 Å². The molecular weight excluding hydrogens is 408 g/mol. The molecule has 1 aromatic heterocycles. The topological polar surface area (TPSA) is 120 Å². The molecule has 1 aliphatic heterocycles. The van der Waals surface area contributed by atoms with Gasteiger partial charge in [-0.2, -0.15) is 5.26 Å². The fourth-order valence-electron chi connectivity index (χ4n) is 2.79. The van der Waals surface area contributed by atoms with E-state index >= 15 is 0 Å². The lowest BCUT2D eigenvalue weighted by Gasteiger charge is -2.08. The number of fused-ring (bicyclic) bond motifs is 1. The predicted molar refractivity (Wildman–Crippen MR) is 111 cm³/mol. The Hall–Kier alpha value is -4.10. The Balaban J connectivity index is 1.57. The van der Waals surface area contributed by atoms with E-state index in [9.17, 15) is 15.4 Å². The number of nitro benzene ring substituents is 1. The molecule has 0 unspecified atom stereocenters. The maximum atomic E-state index is 10.9. The number of nitriles is 1. The molecule has 0 aliphatic carbocycles. The number of ether oxygens (including phenoxy) is 3. The highest BCUT2D eigenvalue weighted by Crippen LogP contribution is 2.36. The highest BCUT2D eigenvalue weighted by Gasteiger charge is 2.16. The van der Waals surface area contributed by atoms with E-state index < -0.39 is 4.92 Å². The molecule has 0 radical (unpaired) electrons. The normalized spacial score (nSPS) is 12.3. The van der Waals surface area contributed by atoms with Gasteiger partial charge in [0.25, 0.3) is 5.69 Å². The zero-order valence-corrected chi connectivity index (χ0v) is 16.4. The molecule has 9 nitrogen and oxygen atoms in total. The second kappa shape index (κ2) is 8.10. The summed E-state index contributed by atoms with van der Waals surface area (Å²) < 4.78 is 15.9. The number of allylic oxidation sites excluding steroid dienone is 1. The average molecular weight is 422 g/mol. The quantitative estimate of drug-likeness (QED) is 0.352. The predicted octanol–water partition coefficient (Wildman–Crippen LogP) is 4.43. The van der Waals surface area contributed by atoms with Crippen molar-refractivity contribution in [2.45, 2.75) is 0 Å². The number of benzene rings is 2. The average Bonchev–Trinajstić information content (AvgIpc) is 3.43. The van der Waals surface area contributed by atoms with Crippen molar-refractivity contribution in [2.75, 3.05) is 19.2 Å². The second-order valence-electron chi connectivity index (χ2n) is 6.06. The number of nitrogens with one attached hydrogen (secondary N) is 1. The van der Waals surface area contributed by atoms with Gasteiger partial charge in [0.2, 0.25) is 6.79 Å². The van der Waals surface area contributed by atoms with Crippen LogP contribution in [0.4, 0.5) is 11.4 Å². The van der Waals surface area contributed by atoms with Gasteiger partial charge in [-0.1, -0.05) is 0 Å². The molecule has 0 bridgehead atoms. The number of hydrogen-bond donors (Lipinski definition) is 1. The Kier molecular flexibility index (Phi) is 5.19. The van der Waals surface area contributed by atoms with Crippen LogP contribution in [0.5, 0.6) is 17.2 Å². The summed E-state index contributed by atoms with van der Waals surface area (Å²) in [6, 6.07) is 11.8. The van der Waals surface area contributed by atoms with Crippen LogP contribution in [-0.2, 0) is 0 Å². The van der Waals surface area contributed by atoms with E-state index in [2.05, 4.69) is 16.4 Å². The maximum absolute atomic E-state index is 10.9. The van der Waals surface area contributed by atoms with Crippen molar-refractivity contribution in [2.24, 2.45) is 0 Å². The van der Waals surface area contributed by atoms with E-state index in [0.29, 0.717) is 33.5 Å². The summed E-state index contributed by atoms with van der Waals surface area (Å²) in [4.78, 5) is 14.9. The lowest BCUT2D eigenvalue weighted by Crippen LogP contribution is -1.96. The molecule has 3 aromatic rings. The van der Waals surface area contributed by atoms with Gasteiger partial charge in [0, 0.05) is 23.2 Å². The molecule has 0 fully saturated rings. The van der Waals surface area contributed by atoms with Crippen LogP contribution in [0.15, 0.2) is 48.0 Å². The standard InChI is InChI=1S/C20H14N4O5S/c1-27-18-7-14(24(25)26)3-4-15(18)22-9-13(8-21)20-23-16(10-30-20)12-2-5-17-19(6-12)29-11-28-17/h2-7,9-10,22H,11H2,1H3. The van der Waals surface area contributed by atoms with Gasteiger partial charge in [-0.3, -0.25) is 10.1 Å². The van der Waals surface area contributed by atoms with Crippen molar-refractivity contribution in [1.29, 1.82) is 5.26 Å². The van der Waals surface area contributed by atoms with Crippen molar-refractivity contribution in [3.8, 4) is 34.6 Å². The maximum Gasteiger partial charge on any atom is 0.273 e. The summed E-state index contributed by atoms with van der Waals surface area (Å²) in [7, 11) is 1.41. The third kappa shape index (κ3) is 3.74. The molecular formula is C20H14N4O5S. The van der Waals surface area contributed by atoms with Gasteiger partial charge in [-0.15, -0.1) is 11.3 Å². The molecule has 2 heterocycles. The molecule has 0 saturated heterocycles. The van der Waals surface area contributed by atoms with Crippen molar-refractivity contribution in [3.63, 3.8) is 0 Å². The largest absolute Gasteiger partial charge is 0.494 e. The lowest BCUT2D eigenvalue weighted by molar-refractivity contribution is -0.384. The Morgan fingerprint density at radius 2 is 2.17 bits per heavy atom. The first-order valence-corrected chi connectivity index (χ1v) is 9.52. The summed E-state index contributed by atoms with van der Waals surface area (Å²) >= 11 is 1.33. The van der Waals surface area contributed by atoms with E-state index in [0.717, 1.165) is 5.56 Å². The Labute approximate surface area is 174 Å². The van der Waals surface area contributed by atoms with Gasteiger partial charge in [0.15, 0.2) is 11.5 Å². The zero-order chi connectivity index (χ0) is 21.1. The number of non-ortho nitro benzene ring substituents is 1. The highest BCUT2D eigenvalue weighted by molar-refractivity contribution is 7.11. The Morgan fingerprint density at radius 1 is 1.33 bits per heavy atom. The summed E-state index contributed by atoms with van der Waals surface area (Å²) in [5.41, 5.74) is 2.28. The minimum absolute atomic E-state index is 0.0878. The molecule has 1 aliphatic rings. The lowest BCUT2D eigenvalue weighted by atomic mass is 10.1. The molecule has 2 aromatic carbocycles. The first-order valence-electron chi connectivity index (χ1n) is 8.64. The molecule has 0 atom stereocenters. The van der Waals surface area contributed by atoms with Crippen LogP contribution in [0, 0.1) is 21.4 Å². The summed E-state index contributed by atoms with van der Waals surface area (Å²) in [6.45, 7) is 0.195. The molecule has 10 heteroatoms. The number of hydrogen-bond acceptors (Lipinski definition) is 9. The zero-order valence-electron chi connectivity index (χ0n) is 15.6. The first-order chi connectivity index (χ1) is 14.6. The van der Waals surface area contributed by atoms with Crippen molar-refractivity contribution in [3.05, 3.63) is 63.1 Å². The number of nitrogens with zero attached hydrogens (tertiary/aromatic N) is 3. The summed E-state index contributed by atoms with van der Waals surface area (Å²) in [5.74, 6) is 1.64. The number of anilines is 1. The fourth-order valence-corrected chi connectivity index (χ4v) is 3.59. The summed E-state index contributed by atoms with van der Waals surface area (Å²) in [5, 5.41) is 25.8. The van der Waals surface area contributed by atoms with Gasteiger partial charge in [0.1, 0.15) is 22.4 Å². The van der Waals surface area contributed by atoms with Gasteiger partial charge in [0.05, 0.1) is 29.5 Å². The van der Waals surface area contributed by atoms with E-state index in [-0.39, 0.29) is 18.2 Å². The minimum Gasteiger partial charge on any atom is -0.494 e. The van der Waals surface area contributed by atoms with E-state index in [1.54, 1.807) is 0 Å². The smallest absolute Gasteiger partial charge is 0.273 e. The van der Waals surface area contributed by atoms with Gasteiger partial charge in [-0.25, -0.2) is 4.98 Å². The van der Waals surface area contributed by atoms with E-state index in [1.807, 2.05) is 23.6 Å². The number of aromatic nitrogens is 1. The molecule has 1 N–H and O–H groups in total. The van der Waals surface area contributed by atoms with Crippen LogP contribution in [0.3, 0.4) is 0 Å². The highest BCUT2D eigenvalue weighted by atomic mass is 32.1. The fraction of sp³-hybridized carbons (Fsp3) is 0.100. The molecule has 150 valence electrons. The second-order valence-corrected chi connectivity index (χ2v) is 6.92. The number of nitro groups is 1. The number of methoxy groups -OCH3 is 1. The van der Waals surface area contributed by atoms with Crippen molar-refractivity contribution >= 4 is 28.3 Å². The Morgan fingerprint density at radius 3 is 2.93 bits per heavy atom. The van der Waals surface area contributed by atoms with Crippen LogP contribution in [-0.4, -0.2) is 23.8 Å². The van der Waals surface area contributed by atoms with Crippen LogP contribution >= 0.6 is 11.3 Å². The first kappa shape index (κ1) is 19.2. The number of rotatable bonds is 6. The summed E-state index contributed by atoms with van der Waals surface area (Å²) in [6.07, 6.45) is 1.49. The molecule has 30 heavy (non-hydrogen) atoms. The monoisotopic (exact) mass is 422 g/mol. The molecule has 4 rings (SSSR count). The molecule has 0 saturated carbocycles. The van der Waals surface area contributed by atoms with Crippen LogP contribution in [0.2, 0.25) is 0 Å². The van der Waals surface area contributed by atoms with Crippen molar-refractivity contribution in [1.82, 2.24) is 4.98 Å². The van der Waals surface area contributed by atoms with E-state index in [4.69, 9.17) is 14.2 Å². The van der Waals surface area contributed by atoms with Gasteiger partial charge < -0.3 is 19.5 Å².